The lowest BCUT2D eigenvalue weighted by atomic mass is 10.1. The molecule has 138 valence electrons. The summed E-state index contributed by atoms with van der Waals surface area (Å²) in [5.74, 6) is 1.51. The number of amides is 1. The van der Waals surface area contributed by atoms with Crippen molar-refractivity contribution in [3.8, 4) is 11.5 Å². The van der Waals surface area contributed by atoms with E-state index >= 15 is 0 Å². The van der Waals surface area contributed by atoms with Gasteiger partial charge in [-0.05, 0) is 24.6 Å². The number of rotatable bonds is 6. The van der Waals surface area contributed by atoms with Gasteiger partial charge in [-0.1, -0.05) is 42.1 Å². The summed E-state index contributed by atoms with van der Waals surface area (Å²) in [5, 5.41) is 3.62. The number of nitrogens with one attached hydrogen (secondary N) is 2. The largest absolute Gasteiger partial charge is 0.454 e. The van der Waals surface area contributed by atoms with E-state index in [1.165, 1.54) is 17.3 Å². The number of nitrogens with zero attached hydrogens (tertiary/aromatic N) is 1. The van der Waals surface area contributed by atoms with Gasteiger partial charge in [0, 0.05) is 23.9 Å². The highest BCUT2D eigenvalue weighted by molar-refractivity contribution is 7.99. The van der Waals surface area contributed by atoms with Crippen LogP contribution in [0.2, 0.25) is 0 Å². The van der Waals surface area contributed by atoms with E-state index in [4.69, 9.17) is 9.47 Å². The zero-order chi connectivity index (χ0) is 18.6. The lowest BCUT2D eigenvalue weighted by Gasteiger charge is -2.05. The van der Waals surface area contributed by atoms with E-state index in [2.05, 4.69) is 27.4 Å². The van der Waals surface area contributed by atoms with Gasteiger partial charge in [-0.15, -0.1) is 0 Å². The van der Waals surface area contributed by atoms with E-state index in [9.17, 15) is 4.79 Å². The monoisotopic (exact) mass is 381 g/mol. The Bertz CT molecular complexity index is 956. The van der Waals surface area contributed by atoms with Gasteiger partial charge in [-0.2, -0.15) is 0 Å². The molecule has 7 heteroatoms. The van der Waals surface area contributed by atoms with Crippen molar-refractivity contribution in [3.05, 3.63) is 65.5 Å². The quantitative estimate of drug-likeness (QED) is 0.636. The second-order valence-electron chi connectivity index (χ2n) is 6.18. The van der Waals surface area contributed by atoms with Crippen molar-refractivity contribution in [2.24, 2.45) is 0 Å². The van der Waals surface area contributed by atoms with E-state index < -0.39 is 0 Å². The first kappa shape index (κ1) is 17.5. The molecular formula is C20H19N3O3S. The molecule has 0 saturated heterocycles. The van der Waals surface area contributed by atoms with Gasteiger partial charge in [0.05, 0.1) is 11.4 Å². The zero-order valence-electron chi connectivity index (χ0n) is 14.8. The predicted octanol–water partition coefficient (Wildman–Crippen LogP) is 3.77. The maximum Gasteiger partial charge on any atom is 0.234 e. The number of hydrogen-bond donors (Lipinski definition) is 2. The predicted molar refractivity (Wildman–Crippen MR) is 104 cm³/mol. The Morgan fingerprint density at radius 2 is 2.00 bits per heavy atom. The van der Waals surface area contributed by atoms with E-state index in [-0.39, 0.29) is 18.5 Å². The number of fused-ring (bicyclic) bond motifs is 1. The fourth-order valence-corrected chi connectivity index (χ4v) is 3.54. The molecule has 0 atom stereocenters. The van der Waals surface area contributed by atoms with Crippen LogP contribution in [0.15, 0.2) is 53.7 Å². The summed E-state index contributed by atoms with van der Waals surface area (Å²) in [6, 6.07) is 15.6. The molecule has 6 nitrogen and oxygen atoms in total. The molecule has 0 saturated carbocycles. The van der Waals surface area contributed by atoms with Gasteiger partial charge < -0.3 is 19.8 Å². The van der Waals surface area contributed by atoms with Crippen molar-refractivity contribution < 1.29 is 14.3 Å². The molecule has 3 aromatic rings. The maximum absolute atomic E-state index is 12.2. The van der Waals surface area contributed by atoms with Crippen LogP contribution in [0, 0.1) is 6.92 Å². The van der Waals surface area contributed by atoms with Gasteiger partial charge in [0.1, 0.15) is 0 Å². The Hall–Kier alpha value is -2.93. The van der Waals surface area contributed by atoms with Crippen LogP contribution in [0.4, 0.5) is 5.69 Å². The molecule has 0 unspecified atom stereocenters. The third-order valence-corrected chi connectivity index (χ3v) is 5.05. The van der Waals surface area contributed by atoms with Crippen molar-refractivity contribution in [3.63, 3.8) is 0 Å². The molecule has 0 radical (unpaired) electrons. The molecular weight excluding hydrogens is 362 g/mol. The Morgan fingerprint density at radius 1 is 1.19 bits per heavy atom. The van der Waals surface area contributed by atoms with Crippen molar-refractivity contribution in [1.82, 2.24) is 9.97 Å². The first-order chi connectivity index (χ1) is 13.2. The molecule has 1 amide bonds. The summed E-state index contributed by atoms with van der Waals surface area (Å²) in [5.41, 5.74) is 3.92. The molecule has 0 fully saturated rings. The van der Waals surface area contributed by atoms with E-state index in [1.807, 2.05) is 25.1 Å². The average molecular weight is 381 g/mol. The Balaban J connectivity index is 1.33. The van der Waals surface area contributed by atoms with E-state index in [0.717, 1.165) is 23.0 Å². The zero-order valence-corrected chi connectivity index (χ0v) is 15.6. The molecule has 27 heavy (non-hydrogen) atoms. The molecule has 4 rings (SSSR count). The van der Waals surface area contributed by atoms with E-state index in [1.54, 1.807) is 18.2 Å². The average Bonchev–Trinajstić information content (AvgIpc) is 3.27. The number of H-pyrrole nitrogens is 1. The number of aromatic nitrogens is 2. The Labute approximate surface area is 161 Å². The van der Waals surface area contributed by atoms with Gasteiger partial charge in [-0.3, -0.25) is 4.79 Å². The van der Waals surface area contributed by atoms with Crippen LogP contribution in [0.3, 0.4) is 0 Å². The summed E-state index contributed by atoms with van der Waals surface area (Å²) < 4.78 is 10.6. The highest BCUT2D eigenvalue weighted by atomic mass is 32.2. The van der Waals surface area contributed by atoms with E-state index in [0.29, 0.717) is 17.2 Å². The fourth-order valence-electron chi connectivity index (χ4n) is 2.80. The van der Waals surface area contributed by atoms with Crippen LogP contribution in [0.5, 0.6) is 11.5 Å². The topological polar surface area (TPSA) is 76.2 Å². The Morgan fingerprint density at radius 3 is 2.85 bits per heavy atom. The normalized spacial score (nSPS) is 12.2. The number of hydrogen-bond acceptors (Lipinski definition) is 5. The number of aryl methyl sites for hydroxylation is 1. The molecule has 1 aromatic heterocycles. The lowest BCUT2D eigenvalue weighted by Crippen LogP contribution is -2.14. The number of anilines is 1. The van der Waals surface area contributed by atoms with Crippen LogP contribution in [-0.4, -0.2) is 28.4 Å². The molecule has 1 aliphatic rings. The van der Waals surface area contributed by atoms with Crippen LogP contribution in [-0.2, 0) is 11.2 Å². The molecule has 0 bridgehead atoms. The summed E-state index contributed by atoms with van der Waals surface area (Å²) in [6.07, 6.45) is 0.771. The number of carbonyl (C=O) groups excluding carboxylic acids is 1. The number of benzene rings is 2. The second-order valence-corrected chi connectivity index (χ2v) is 7.14. The Kier molecular flexibility index (Phi) is 5.02. The maximum atomic E-state index is 12.2. The first-order valence-corrected chi connectivity index (χ1v) is 9.57. The lowest BCUT2D eigenvalue weighted by molar-refractivity contribution is -0.113. The first-order valence-electron chi connectivity index (χ1n) is 8.59. The molecule has 2 aromatic carbocycles. The molecule has 1 aliphatic heterocycles. The summed E-state index contributed by atoms with van der Waals surface area (Å²) in [6.45, 7) is 2.22. The number of imidazole rings is 1. The standard InChI is InChI=1S/C20H19N3O3S/c1-13-16(9-14-5-3-2-4-6-14)23-20(21-13)27-11-19(24)22-15-7-8-17-18(10-15)26-12-25-17/h2-8,10H,9,11-12H2,1H3,(H,21,23)(H,22,24). The van der Waals surface area contributed by atoms with Crippen LogP contribution in [0.25, 0.3) is 0 Å². The van der Waals surface area contributed by atoms with Gasteiger partial charge in [0.2, 0.25) is 12.7 Å². The number of thioether (sulfide) groups is 1. The number of aromatic amines is 1. The van der Waals surface area contributed by atoms with Crippen molar-refractivity contribution in [1.29, 1.82) is 0 Å². The van der Waals surface area contributed by atoms with Crippen LogP contribution < -0.4 is 14.8 Å². The van der Waals surface area contributed by atoms with Crippen molar-refractivity contribution >= 4 is 23.4 Å². The SMILES string of the molecule is Cc1[nH]c(SCC(=O)Nc2ccc3c(c2)OCO3)nc1Cc1ccccc1. The van der Waals surface area contributed by atoms with Crippen LogP contribution in [0.1, 0.15) is 17.0 Å². The number of ether oxygens (including phenoxy) is 2. The van der Waals surface area contributed by atoms with Gasteiger partial charge in [0.15, 0.2) is 16.7 Å². The van der Waals surface area contributed by atoms with Gasteiger partial charge in [0.25, 0.3) is 0 Å². The van der Waals surface area contributed by atoms with Crippen molar-refractivity contribution in [2.45, 2.75) is 18.5 Å². The minimum atomic E-state index is -0.0995. The third kappa shape index (κ3) is 4.25. The minimum Gasteiger partial charge on any atom is -0.454 e. The van der Waals surface area contributed by atoms with Crippen LogP contribution >= 0.6 is 11.8 Å². The summed E-state index contributed by atoms with van der Waals surface area (Å²) in [7, 11) is 0. The van der Waals surface area contributed by atoms with Gasteiger partial charge in [-0.25, -0.2) is 4.98 Å². The third-order valence-electron chi connectivity index (χ3n) is 4.17. The van der Waals surface area contributed by atoms with Crippen molar-refractivity contribution in [2.75, 3.05) is 17.9 Å². The number of carbonyl (C=O) groups is 1. The minimum absolute atomic E-state index is 0.0995. The van der Waals surface area contributed by atoms with Gasteiger partial charge >= 0.3 is 0 Å². The highest BCUT2D eigenvalue weighted by Gasteiger charge is 2.15. The summed E-state index contributed by atoms with van der Waals surface area (Å²) >= 11 is 1.38. The molecule has 2 N–H and O–H groups in total. The second kappa shape index (κ2) is 7.75. The fraction of sp³-hybridized carbons (Fsp3) is 0.200. The smallest absolute Gasteiger partial charge is 0.234 e. The molecule has 2 heterocycles. The molecule has 0 spiro atoms. The highest BCUT2D eigenvalue weighted by Crippen LogP contribution is 2.34. The summed E-state index contributed by atoms with van der Waals surface area (Å²) in [4.78, 5) is 20.1. The molecule has 0 aliphatic carbocycles.